The summed E-state index contributed by atoms with van der Waals surface area (Å²) in [5, 5.41) is 0. The van der Waals surface area contributed by atoms with Gasteiger partial charge in [-0.05, 0) is 63.8 Å². The molecule has 1 aliphatic heterocycles. The summed E-state index contributed by atoms with van der Waals surface area (Å²) in [5.74, 6) is 0.575. The van der Waals surface area contributed by atoms with E-state index in [4.69, 9.17) is 4.74 Å². The Morgan fingerprint density at radius 1 is 0.971 bits per heavy atom. The van der Waals surface area contributed by atoms with Gasteiger partial charge in [-0.2, -0.15) is 0 Å². The quantitative estimate of drug-likeness (QED) is 0.511. The molecule has 0 radical (unpaired) electrons. The van der Waals surface area contributed by atoms with Crippen LogP contribution in [0.3, 0.4) is 0 Å². The number of carbonyl (C=O) groups is 1. The first kappa shape index (κ1) is 27.4. The fourth-order valence-corrected chi connectivity index (χ4v) is 5.56. The van der Waals surface area contributed by atoms with Crippen molar-refractivity contribution in [3.63, 3.8) is 0 Å². The molecule has 0 aliphatic carbocycles. The molecule has 0 aromatic heterocycles. The maximum atomic E-state index is 12.6. The van der Waals surface area contributed by atoms with Crippen LogP contribution in [-0.4, -0.2) is 51.0 Å². The van der Waals surface area contributed by atoms with Crippen molar-refractivity contribution in [2.75, 3.05) is 26.2 Å². The molecule has 1 saturated heterocycles. The number of benzene rings is 2. The molecule has 2 atom stereocenters. The van der Waals surface area contributed by atoms with Crippen molar-refractivity contribution in [3.8, 4) is 5.75 Å². The average molecular weight is 500 g/mol. The van der Waals surface area contributed by atoms with Gasteiger partial charge in [-0.15, -0.1) is 0 Å². The zero-order valence-corrected chi connectivity index (χ0v) is 22.9. The van der Waals surface area contributed by atoms with E-state index in [0.717, 1.165) is 31.5 Å². The Hall–Kier alpha value is -2.22. The van der Waals surface area contributed by atoms with Gasteiger partial charge in [0.05, 0.1) is 15.7 Å². The topological polar surface area (TPSA) is 61.9 Å². The van der Waals surface area contributed by atoms with Crippen molar-refractivity contribution in [2.24, 2.45) is 0 Å². The maximum absolute atomic E-state index is 12.6. The molecule has 3 rings (SSSR count). The van der Waals surface area contributed by atoms with Crippen molar-refractivity contribution < 1.29 is 13.7 Å². The largest absolute Gasteiger partial charge is 0.415 e. The number of nitrogens with one attached hydrogen (secondary N) is 1. The van der Waals surface area contributed by atoms with Crippen LogP contribution in [0, 0.1) is 0 Å². The molecular formula is C28H41N3O3S. The first-order valence-corrected chi connectivity index (χ1v) is 13.8. The highest BCUT2D eigenvalue weighted by Crippen LogP contribution is 2.37. The summed E-state index contributed by atoms with van der Waals surface area (Å²) in [6, 6.07) is 18.0. The van der Waals surface area contributed by atoms with Crippen molar-refractivity contribution in [1.82, 2.24) is 14.5 Å². The highest BCUT2D eigenvalue weighted by molar-refractivity contribution is 7.84. The second-order valence-electron chi connectivity index (χ2n) is 10.2. The Bertz CT molecular complexity index is 977. The minimum atomic E-state index is -1.12. The lowest BCUT2D eigenvalue weighted by Gasteiger charge is -2.47. The highest BCUT2D eigenvalue weighted by Gasteiger charge is 2.38. The molecule has 0 bridgehead atoms. The predicted molar refractivity (Wildman–Crippen MR) is 144 cm³/mol. The SMILES string of the molecule is CCC(CC)(c1ccc([C@H](C)NS(=O)C(C)(C)C)cc1)N1CCN(C(=O)Oc2ccccc2)CC1. The molecule has 35 heavy (non-hydrogen) atoms. The number of hydrogen-bond donors (Lipinski definition) is 1. The molecule has 7 heteroatoms. The van der Waals surface area contributed by atoms with E-state index >= 15 is 0 Å². The number of amides is 1. The molecule has 1 fully saturated rings. The number of hydrogen-bond acceptors (Lipinski definition) is 4. The molecule has 0 spiro atoms. The summed E-state index contributed by atoms with van der Waals surface area (Å²) in [6.07, 6.45) is 1.69. The molecule has 192 valence electrons. The summed E-state index contributed by atoms with van der Waals surface area (Å²) < 4.78 is 21.0. The first-order chi connectivity index (χ1) is 16.6. The lowest BCUT2D eigenvalue weighted by molar-refractivity contribution is 0.0264. The molecule has 6 nitrogen and oxygen atoms in total. The lowest BCUT2D eigenvalue weighted by Crippen LogP contribution is -2.56. The van der Waals surface area contributed by atoms with Crippen LogP contribution in [0.1, 0.15) is 71.6 Å². The Morgan fingerprint density at radius 3 is 2.06 bits per heavy atom. The molecule has 1 N–H and O–H groups in total. The Morgan fingerprint density at radius 2 is 1.54 bits per heavy atom. The smallest absolute Gasteiger partial charge is 0.410 e. The van der Waals surface area contributed by atoms with Gasteiger partial charge in [0.15, 0.2) is 0 Å². The van der Waals surface area contributed by atoms with Gasteiger partial charge in [0.25, 0.3) is 0 Å². The monoisotopic (exact) mass is 499 g/mol. The highest BCUT2D eigenvalue weighted by atomic mass is 32.2. The third kappa shape index (κ3) is 6.51. The van der Waals surface area contributed by atoms with Gasteiger partial charge in [0, 0.05) is 37.8 Å². The van der Waals surface area contributed by atoms with Gasteiger partial charge in [0.2, 0.25) is 0 Å². The second-order valence-corrected chi connectivity index (χ2v) is 12.2. The molecule has 1 aliphatic rings. The van der Waals surface area contributed by atoms with Gasteiger partial charge < -0.3 is 9.64 Å². The number of para-hydroxylation sites is 1. The molecule has 1 unspecified atom stereocenters. The number of carbonyl (C=O) groups excluding carboxylic acids is 1. The van der Waals surface area contributed by atoms with Gasteiger partial charge in [-0.1, -0.05) is 56.3 Å². The van der Waals surface area contributed by atoms with E-state index in [0.29, 0.717) is 18.8 Å². The van der Waals surface area contributed by atoms with Crippen molar-refractivity contribution in [2.45, 2.75) is 70.7 Å². The predicted octanol–water partition coefficient (Wildman–Crippen LogP) is 5.63. The van der Waals surface area contributed by atoms with E-state index in [1.165, 1.54) is 5.56 Å². The maximum Gasteiger partial charge on any atom is 0.415 e. The summed E-state index contributed by atoms with van der Waals surface area (Å²) in [6.45, 7) is 15.4. The Kier molecular flexibility index (Phi) is 9.13. The van der Waals surface area contributed by atoms with E-state index in [-0.39, 0.29) is 22.4 Å². The van der Waals surface area contributed by atoms with E-state index in [2.05, 4.69) is 54.7 Å². The van der Waals surface area contributed by atoms with Gasteiger partial charge in [-0.3, -0.25) is 4.90 Å². The van der Waals surface area contributed by atoms with Gasteiger partial charge in [-0.25, -0.2) is 13.7 Å². The standard InChI is InChI=1S/C28H41N3O3S/c1-7-28(8-2,24-16-14-23(15-17-24)22(3)29-35(33)27(4,5)6)31-20-18-30(19-21-31)26(32)34-25-12-10-9-11-13-25/h9-17,22,29H,7-8,18-21H2,1-6H3/t22-,35?/m0/s1. The van der Waals surface area contributed by atoms with E-state index in [1.54, 1.807) is 17.0 Å². The van der Waals surface area contributed by atoms with Crippen molar-refractivity contribution in [1.29, 1.82) is 0 Å². The zero-order chi connectivity index (χ0) is 25.6. The van der Waals surface area contributed by atoms with Crippen LogP contribution in [0.4, 0.5) is 4.79 Å². The fourth-order valence-electron chi connectivity index (χ4n) is 4.75. The summed E-state index contributed by atoms with van der Waals surface area (Å²) in [7, 11) is -1.12. The van der Waals surface area contributed by atoms with Crippen LogP contribution < -0.4 is 9.46 Å². The minimum absolute atomic E-state index is 0.000864. The van der Waals surface area contributed by atoms with E-state index in [1.807, 2.05) is 39.0 Å². The second kappa shape index (κ2) is 11.7. The summed E-state index contributed by atoms with van der Waals surface area (Å²) >= 11 is 0. The minimum Gasteiger partial charge on any atom is -0.410 e. The first-order valence-electron chi connectivity index (χ1n) is 12.7. The van der Waals surface area contributed by atoms with Crippen molar-refractivity contribution in [3.05, 3.63) is 65.7 Å². The number of nitrogens with zero attached hydrogens (tertiary/aromatic N) is 2. The lowest BCUT2D eigenvalue weighted by atomic mass is 9.82. The average Bonchev–Trinajstić information content (AvgIpc) is 2.86. The summed E-state index contributed by atoms with van der Waals surface area (Å²) in [5.41, 5.74) is 2.33. The molecule has 1 heterocycles. The number of ether oxygens (including phenoxy) is 1. The molecule has 1 amide bonds. The zero-order valence-electron chi connectivity index (χ0n) is 22.0. The van der Waals surface area contributed by atoms with Crippen LogP contribution in [0.25, 0.3) is 0 Å². The van der Waals surface area contributed by atoms with Crippen molar-refractivity contribution >= 4 is 17.1 Å². The third-order valence-corrected chi connectivity index (χ3v) is 8.73. The summed E-state index contributed by atoms with van der Waals surface area (Å²) in [4.78, 5) is 16.9. The van der Waals surface area contributed by atoms with Crippen LogP contribution in [0.2, 0.25) is 0 Å². The van der Waals surface area contributed by atoms with Gasteiger partial charge >= 0.3 is 6.09 Å². The van der Waals surface area contributed by atoms with Crippen LogP contribution in [0.5, 0.6) is 5.75 Å². The van der Waals surface area contributed by atoms with Crippen LogP contribution in [0.15, 0.2) is 54.6 Å². The normalized spacial score (nSPS) is 17.1. The van der Waals surface area contributed by atoms with E-state index < -0.39 is 11.0 Å². The third-order valence-electron chi connectivity index (χ3n) is 7.05. The fraction of sp³-hybridized carbons (Fsp3) is 0.536. The molecule has 2 aromatic rings. The van der Waals surface area contributed by atoms with E-state index in [9.17, 15) is 9.00 Å². The van der Waals surface area contributed by atoms with Crippen LogP contribution in [-0.2, 0) is 16.5 Å². The van der Waals surface area contributed by atoms with Crippen LogP contribution >= 0.6 is 0 Å². The Balaban J connectivity index is 1.67. The molecular weight excluding hydrogens is 458 g/mol. The molecule has 0 saturated carbocycles. The number of rotatable bonds is 8. The van der Waals surface area contributed by atoms with Gasteiger partial charge in [0.1, 0.15) is 5.75 Å². The number of piperazine rings is 1. The molecule has 2 aromatic carbocycles. The Labute approximate surface area is 213 Å².